The maximum absolute atomic E-state index is 12.3. The number of aromatic nitrogens is 3. The Morgan fingerprint density at radius 2 is 2.18 bits per heavy atom. The fourth-order valence-electron chi connectivity index (χ4n) is 2.23. The van der Waals surface area contributed by atoms with Crippen LogP contribution < -0.4 is 10.9 Å². The van der Waals surface area contributed by atoms with Crippen molar-refractivity contribution in [2.75, 3.05) is 5.32 Å². The molecule has 6 nitrogen and oxygen atoms in total. The van der Waals surface area contributed by atoms with Crippen molar-refractivity contribution in [2.24, 2.45) is 0 Å². The lowest BCUT2D eigenvalue weighted by atomic mass is 10.0. The van der Waals surface area contributed by atoms with E-state index >= 15 is 0 Å². The predicted molar refractivity (Wildman–Crippen MR) is 84.3 cm³/mol. The van der Waals surface area contributed by atoms with Gasteiger partial charge >= 0.3 is 0 Å². The number of benzene rings is 1. The third kappa shape index (κ3) is 2.50. The summed E-state index contributed by atoms with van der Waals surface area (Å²) < 4.78 is 1.31. The number of aromatic amines is 1. The van der Waals surface area contributed by atoms with Gasteiger partial charge in [-0.2, -0.15) is 0 Å². The Labute approximate surface area is 126 Å². The summed E-state index contributed by atoms with van der Waals surface area (Å²) in [5, 5.41) is 2.75. The predicted octanol–water partition coefficient (Wildman–Crippen LogP) is 2.40. The van der Waals surface area contributed by atoms with E-state index in [0.29, 0.717) is 17.4 Å². The van der Waals surface area contributed by atoms with Crippen LogP contribution in [-0.4, -0.2) is 20.3 Å². The molecule has 1 aromatic carbocycles. The van der Waals surface area contributed by atoms with E-state index in [9.17, 15) is 9.59 Å². The fourth-order valence-corrected chi connectivity index (χ4v) is 2.23. The quantitative estimate of drug-likeness (QED) is 0.779. The molecule has 0 fully saturated rings. The number of nitrogens with zero attached hydrogens (tertiary/aromatic N) is 2. The van der Waals surface area contributed by atoms with Crippen LogP contribution in [0.5, 0.6) is 0 Å². The molecule has 0 unspecified atom stereocenters. The number of amides is 1. The highest BCUT2D eigenvalue weighted by Crippen LogP contribution is 2.18. The van der Waals surface area contributed by atoms with Gasteiger partial charge in [-0.05, 0) is 23.6 Å². The molecule has 22 heavy (non-hydrogen) atoms. The van der Waals surface area contributed by atoms with Gasteiger partial charge in [0, 0.05) is 24.3 Å². The summed E-state index contributed by atoms with van der Waals surface area (Å²) in [4.78, 5) is 31.4. The zero-order valence-corrected chi connectivity index (χ0v) is 12.3. The van der Waals surface area contributed by atoms with Crippen molar-refractivity contribution in [3.05, 3.63) is 64.3 Å². The smallest absolute Gasteiger partial charge is 0.271 e. The van der Waals surface area contributed by atoms with Gasteiger partial charge in [-0.1, -0.05) is 26.0 Å². The summed E-state index contributed by atoms with van der Waals surface area (Å²) in [6, 6.07) is 7.58. The molecular weight excluding hydrogens is 280 g/mol. The molecule has 0 spiro atoms. The minimum Gasteiger partial charge on any atom is -0.330 e. The van der Waals surface area contributed by atoms with Crippen LogP contribution >= 0.6 is 0 Å². The zero-order valence-electron chi connectivity index (χ0n) is 12.3. The summed E-state index contributed by atoms with van der Waals surface area (Å²) in [6.07, 6.45) is 4.42. The third-order valence-corrected chi connectivity index (χ3v) is 3.49. The van der Waals surface area contributed by atoms with Crippen molar-refractivity contribution < 1.29 is 4.79 Å². The van der Waals surface area contributed by atoms with Crippen LogP contribution in [0.2, 0.25) is 0 Å². The second-order valence-electron chi connectivity index (χ2n) is 5.36. The highest BCUT2D eigenvalue weighted by Gasteiger charge is 2.14. The Balaban J connectivity index is 1.92. The molecule has 3 rings (SSSR count). The molecule has 2 N–H and O–H groups in total. The number of H-pyrrole nitrogens is 1. The van der Waals surface area contributed by atoms with E-state index < -0.39 is 11.5 Å². The van der Waals surface area contributed by atoms with Crippen molar-refractivity contribution in [1.82, 2.24) is 14.4 Å². The first kappa shape index (κ1) is 14.1. The van der Waals surface area contributed by atoms with Gasteiger partial charge in [0.25, 0.3) is 11.5 Å². The number of rotatable bonds is 3. The molecule has 112 valence electrons. The number of fused-ring (bicyclic) bond motifs is 1. The van der Waals surface area contributed by atoms with E-state index in [1.165, 1.54) is 10.6 Å². The highest BCUT2D eigenvalue weighted by molar-refractivity contribution is 6.03. The van der Waals surface area contributed by atoms with E-state index in [2.05, 4.69) is 29.1 Å². The van der Waals surface area contributed by atoms with Gasteiger partial charge in [0.1, 0.15) is 5.56 Å². The van der Waals surface area contributed by atoms with Crippen molar-refractivity contribution in [3.63, 3.8) is 0 Å². The summed E-state index contributed by atoms with van der Waals surface area (Å²) in [7, 11) is 0. The molecule has 2 heterocycles. The van der Waals surface area contributed by atoms with Gasteiger partial charge in [0.05, 0.1) is 0 Å². The van der Waals surface area contributed by atoms with Gasteiger partial charge in [0.15, 0.2) is 0 Å². The Kier molecular flexibility index (Phi) is 3.50. The average molecular weight is 296 g/mol. The number of anilines is 1. The van der Waals surface area contributed by atoms with Crippen LogP contribution in [-0.2, 0) is 0 Å². The van der Waals surface area contributed by atoms with E-state index in [0.717, 1.165) is 5.56 Å². The Bertz CT molecular complexity index is 892. The standard InChI is InChI=1S/C16H16N4O2/c1-10(2)11-4-3-5-12(8-11)19-14(21)13-9-18-16-17-6-7-20(16)15(13)22/h3-10H,1-2H3,(H,17,18)(H,19,21). The molecule has 0 radical (unpaired) electrons. The number of hydrogen-bond acceptors (Lipinski definition) is 3. The van der Waals surface area contributed by atoms with E-state index in [1.807, 2.05) is 18.2 Å². The minimum absolute atomic E-state index is 0.00653. The summed E-state index contributed by atoms with van der Waals surface area (Å²) >= 11 is 0. The second kappa shape index (κ2) is 5.48. The lowest BCUT2D eigenvalue weighted by Crippen LogP contribution is -2.26. The first-order chi connectivity index (χ1) is 10.6. The van der Waals surface area contributed by atoms with Crippen molar-refractivity contribution in [1.29, 1.82) is 0 Å². The van der Waals surface area contributed by atoms with Crippen molar-refractivity contribution in [3.8, 4) is 0 Å². The van der Waals surface area contributed by atoms with Gasteiger partial charge < -0.3 is 10.3 Å². The van der Waals surface area contributed by atoms with Crippen LogP contribution in [0.15, 0.2) is 47.7 Å². The zero-order chi connectivity index (χ0) is 15.7. The Morgan fingerprint density at radius 1 is 1.36 bits per heavy atom. The van der Waals surface area contributed by atoms with Crippen LogP contribution in [0.3, 0.4) is 0 Å². The maximum atomic E-state index is 12.3. The second-order valence-corrected chi connectivity index (χ2v) is 5.36. The van der Waals surface area contributed by atoms with Crippen LogP contribution in [0, 0.1) is 0 Å². The molecule has 0 saturated heterocycles. The molecule has 3 aromatic rings. The fraction of sp³-hybridized carbons (Fsp3) is 0.188. The first-order valence-corrected chi connectivity index (χ1v) is 7.02. The number of carbonyl (C=O) groups is 1. The molecule has 6 heteroatoms. The number of hydrogen-bond donors (Lipinski definition) is 2. The molecule has 0 aliphatic carbocycles. The van der Waals surface area contributed by atoms with Crippen molar-refractivity contribution >= 4 is 17.4 Å². The molecule has 0 bridgehead atoms. The largest absolute Gasteiger partial charge is 0.330 e. The first-order valence-electron chi connectivity index (χ1n) is 7.02. The van der Waals surface area contributed by atoms with E-state index in [-0.39, 0.29) is 5.56 Å². The normalized spacial score (nSPS) is 11.0. The third-order valence-electron chi connectivity index (χ3n) is 3.49. The monoisotopic (exact) mass is 296 g/mol. The summed E-state index contributed by atoms with van der Waals surface area (Å²) in [6.45, 7) is 4.16. The molecule has 0 saturated carbocycles. The topological polar surface area (TPSA) is 79.3 Å². The van der Waals surface area contributed by atoms with E-state index in [4.69, 9.17) is 0 Å². The number of nitrogens with one attached hydrogen (secondary N) is 2. The Hall–Kier alpha value is -2.89. The Morgan fingerprint density at radius 3 is 2.95 bits per heavy atom. The molecule has 0 aliphatic rings. The average Bonchev–Trinajstić information content (AvgIpc) is 2.97. The van der Waals surface area contributed by atoms with Crippen LogP contribution in [0.4, 0.5) is 5.69 Å². The van der Waals surface area contributed by atoms with Crippen LogP contribution in [0.1, 0.15) is 35.7 Å². The number of imidazole rings is 1. The molecule has 1 amide bonds. The van der Waals surface area contributed by atoms with Crippen molar-refractivity contribution in [2.45, 2.75) is 19.8 Å². The van der Waals surface area contributed by atoms with Gasteiger partial charge in [-0.15, -0.1) is 0 Å². The van der Waals surface area contributed by atoms with Gasteiger partial charge in [-0.3, -0.25) is 14.0 Å². The molecular formula is C16H16N4O2. The van der Waals surface area contributed by atoms with Gasteiger partial charge in [0.2, 0.25) is 5.78 Å². The lowest BCUT2D eigenvalue weighted by molar-refractivity contribution is 0.102. The molecule has 0 aliphatic heterocycles. The van der Waals surface area contributed by atoms with Crippen LogP contribution in [0.25, 0.3) is 5.78 Å². The molecule has 2 aromatic heterocycles. The number of carbonyl (C=O) groups excluding carboxylic acids is 1. The summed E-state index contributed by atoms with van der Waals surface area (Å²) in [5.41, 5.74) is 1.39. The maximum Gasteiger partial charge on any atom is 0.271 e. The molecule has 0 atom stereocenters. The minimum atomic E-state index is -0.464. The highest BCUT2D eigenvalue weighted by atomic mass is 16.2. The van der Waals surface area contributed by atoms with Gasteiger partial charge in [-0.25, -0.2) is 4.98 Å². The summed E-state index contributed by atoms with van der Waals surface area (Å²) in [5.74, 6) is 0.303. The lowest BCUT2D eigenvalue weighted by Gasteiger charge is -2.09. The van der Waals surface area contributed by atoms with E-state index in [1.54, 1.807) is 18.5 Å². The SMILES string of the molecule is CC(C)c1cccc(NC(=O)c2cnc3[nH]ccn3c2=O)c1.